The lowest BCUT2D eigenvalue weighted by Crippen LogP contribution is -2.19. The molecule has 4 nitrogen and oxygen atoms in total. The predicted molar refractivity (Wildman–Crippen MR) is 152 cm³/mol. The first-order chi connectivity index (χ1) is 17.4. The number of halogens is 3. The van der Waals surface area contributed by atoms with Crippen LogP contribution in [0.5, 0.6) is 5.75 Å². The van der Waals surface area contributed by atoms with Crippen LogP contribution in [0.4, 0.5) is 5.69 Å². The summed E-state index contributed by atoms with van der Waals surface area (Å²) in [5.74, 6) is 0.412. The van der Waals surface area contributed by atoms with E-state index < -0.39 is 0 Å². The Morgan fingerprint density at radius 1 is 0.972 bits per heavy atom. The van der Waals surface area contributed by atoms with Gasteiger partial charge in [0.15, 0.2) is 5.17 Å². The molecule has 4 aromatic carbocycles. The number of fused-ring (bicyclic) bond motifs is 1. The lowest BCUT2D eigenvalue weighted by atomic mass is 10.0. The Bertz CT molecular complexity index is 1570. The van der Waals surface area contributed by atoms with Crippen LogP contribution in [0.1, 0.15) is 16.7 Å². The van der Waals surface area contributed by atoms with E-state index in [1.54, 1.807) is 12.1 Å². The molecule has 0 radical (unpaired) electrons. The molecule has 1 N–H and O–H groups in total. The standard InChI is InChI=1S/C28H19Cl3N2O2S/c1-16-22(30)7-4-8-24(16)32-28-33-27(34)26(36-28)14-21-20-6-3-2-5-17(20)10-12-25(21)35-15-18-9-11-19(29)13-23(18)31/h2-14H,15H2,1H3,(H,32,33,34)/b26-14+. The summed E-state index contributed by atoms with van der Waals surface area (Å²) in [4.78, 5) is 18.0. The molecule has 1 amide bonds. The number of carbonyl (C=O) groups excluding carboxylic acids is 1. The average Bonchev–Trinajstić information content (AvgIpc) is 3.20. The maximum Gasteiger partial charge on any atom is 0.264 e. The summed E-state index contributed by atoms with van der Waals surface area (Å²) in [6, 6.07) is 22.7. The second kappa shape index (κ2) is 10.6. The second-order valence-corrected chi connectivity index (χ2v) is 10.4. The number of aliphatic imine (C=N–C) groups is 1. The third kappa shape index (κ3) is 5.25. The highest BCUT2D eigenvalue weighted by Gasteiger charge is 2.25. The number of benzene rings is 4. The van der Waals surface area contributed by atoms with Gasteiger partial charge in [-0.1, -0.05) is 77.3 Å². The quantitative estimate of drug-likeness (QED) is 0.252. The van der Waals surface area contributed by atoms with Gasteiger partial charge >= 0.3 is 0 Å². The van der Waals surface area contributed by atoms with Gasteiger partial charge in [0.05, 0.1) is 10.6 Å². The zero-order valence-electron chi connectivity index (χ0n) is 19.0. The van der Waals surface area contributed by atoms with Gasteiger partial charge in [0, 0.05) is 26.2 Å². The molecule has 4 aromatic rings. The molecule has 1 aliphatic heterocycles. The summed E-state index contributed by atoms with van der Waals surface area (Å²) in [6.45, 7) is 2.15. The maximum atomic E-state index is 12.9. The summed E-state index contributed by atoms with van der Waals surface area (Å²) < 4.78 is 6.19. The third-order valence-electron chi connectivity index (χ3n) is 5.72. The molecule has 180 valence electrons. The predicted octanol–water partition coefficient (Wildman–Crippen LogP) is 8.58. The van der Waals surface area contributed by atoms with Crippen LogP contribution in [0.25, 0.3) is 16.8 Å². The molecule has 0 atom stereocenters. The van der Waals surface area contributed by atoms with Gasteiger partial charge in [0.25, 0.3) is 5.91 Å². The Hall–Kier alpha value is -2.96. The fourth-order valence-corrected chi connectivity index (χ4v) is 5.23. The Kier molecular flexibility index (Phi) is 7.26. The van der Waals surface area contributed by atoms with Crippen molar-refractivity contribution < 1.29 is 9.53 Å². The number of amidine groups is 1. The van der Waals surface area contributed by atoms with Gasteiger partial charge in [0.1, 0.15) is 12.4 Å². The highest BCUT2D eigenvalue weighted by atomic mass is 35.5. The van der Waals surface area contributed by atoms with E-state index in [4.69, 9.17) is 39.5 Å². The van der Waals surface area contributed by atoms with Gasteiger partial charge < -0.3 is 10.1 Å². The Balaban J connectivity index is 1.50. The van der Waals surface area contributed by atoms with E-state index >= 15 is 0 Å². The van der Waals surface area contributed by atoms with E-state index in [0.29, 0.717) is 36.6 Å². The molecule has 5 rings (SSSR count). The summed E-state index contributed by atoms with van der Waals surface area (Å²) >= 11 is 19.9. The number of thioether (sulfide) groups is 1. The van der Waals surface area contributed by atoms with Crippen LogP contribution < -0.4 is 10.1 Å². The van der Waals surface area contributed by atoms with Crippen LogP contribution in [0.15, 0.2) is 82.7 Å². The number of ether oxygens (including phenoxy) is 1. The summed E-state index contributed by atoms with van der Waals surface area (Å²) in [5, 5.41) is 7.07. The van der Waals surface area contributed by atoms with Crippen molar-refractivity contribution in [2.75, 3.05) is 0 Å². The van der Waals surface area contributed by atoms with Crippen LogP contribution in [0, 0.1) is 6.92 Å². The molecule has 1 aliphatic rings. The molecule has 0 aromatic heterocycles. The van der Waals surface area contributed by atoms with Crippen LogP contribution in [-0.4, -0.2) is 11.1 Å². The van der Waals surface area contributed by atoms with Crippen molar-refractivity contribution in [3.05, 3.63) is 109 Å². The third-order valence-corrected chi connectivity index (χ3v) is 7.62. The lowest BCUT2D eigenvalue weighted by molar-refractivity contribution is -0.115. The van der Waals surface area contributed by atoms with Crippen LogP contribution in [0.3, 0.4) is 0 Å². The van der Waals surface area contributed by atoms with Crippen molar-refractivity contribution in [3.8, 4) is 5.75 Å². The van der Waals surface area contributed by atoms with E-state index in [0.717, 1.165) is 27.5 Å². The van der Waals surface area contributed by atoms with E-state index in [1.165, 1.54) is 11.8 Å². The number of rotatable bonds is 5. The van der Waals surface area contributed by atoms with E-state index in [1.807, 2.05) is 73.7 Å². The first-order valence-corrected chi connectivity index (χ1v) is 13.0. The zero-order chi connectivity index (χ0) is 25.2. The Labute approximate surface area is 227 Å². The molecule has 36 heavy (non-hydrogen) atoms. The maximum absolute atomic E-state index is 12.9. The van der Waals surface area contributed by atoms with E-state index in [2.05, 4.69) is 10.3 Å². The lowest BCUT2D eigenvalue weighted by Gasteiger charge is -2.13. The first-order valence-electron chi connectivity index (χ1n) is 11.0. The molecular formula is C28H19Cl3N2O2S. The molecular weight excluding hydrogens is 535 g/mol. The molecule has 0 saturated carbocycles. The molecule has 0 bridgehead atoms. The van der Waals surface area contributed by atoms with Gasteiger partial charge in [0.2, 0.25) is 0 Å². The van der Waals surface area contributed by atoms with Crippen LogP contribution in [0.2, 0.25) is 15.1 Å². The highest BCUT2D eigenvalue weighted by Crippen LogP contribution is 2.36. The Morgan fingerprint density at radius 3 is 2.64 bits per heavy atom. The SMILES string of the molecule is Cc1c(Cl)cccc1N=C1NC(=O)/C(=C\c2c(OCc3ccc(Cl)cc3Cl)ccc3ccccc23)S1. The molecule has 1 fully saturated rings. The minimum Gasteiger partial charge on any atom is -0.488 e. The number of nitrogens with one attached hydrogen (secondary N) is 1. The van der Waals surface area contributed by atoms with Crippen molar-refractivity contribution >= 4 is 80.2 Å². The smallest absolute Gasteiger partial charge is 0.264 e. The van der Waals surface area contributed by atoms with Gasteiger partial charge in [-0.15, -0.1) is 0 Å². The van der Waals surface area contributed by atoms with E-state index in [-0.39, 0.29) is 12.5 Å². The largest absolute Gasteiger partial charge is 0.488 e. The van der Waals surface area contributed by atoms with Crippen molar-refractivity contribution in [1.82, 2.24) is 5.32 Å². The first kappa shape index (κ1) is 24.7. The molecule has 0 spiro atoms. The minimum atomic E-state index is -0.224. The number of hydrogen-bond donors (Lipinski definition) is 1. The monoisotopic (exact) mass is 552 g/mol. The molecule has 1 saturated heterocycles. The molecule has 0 aliphatic carbocycles. The van der Waals surface area contributed by atoms with Gasteiger partial charge in [-0.3, -0.25) is 4.79 Å². The normalized spacial score (nSPS) is 15.6. The topological polar surface area (TPSA) is 50.7 Å². The van der Waals surface area contributed by atoms with E-state index in [9.17, 15) is 4.79 Å². The summed E-state index contributed by atoms with van der Waals surface area (Å²) in [5.41, 5.74) is 3.17. The molecule has 8 heteroatoms. The number of amides is 1. The molecule has 1 heterocycles. The average molecular weight is 554 g/mol. The Morgan fingerprint density at radius 2 is 1.81 bits per heavy atom. The highest BCUT2D eigenvalue weighted by molar-refractivity contribution is 8.18. The fourth-order valence-electron chi connectivity index (χ4n) is 3.78. The number of nitrogens with zero attached hydrogens (tertiary/aromatic N) is 1. The minimum absolute atomic E-state index is 0.224. The fraction of sp³-hybridized carbons (Fsp3) is 0.0714. The number of carbonyl (C=O) groups is 1. The molecule has 0 unspecified atom stereocenters. The summed E-state index contributed by atoms with van der Waals surface area (Å²) in [6.07, 6.45) is 1.84. The van der Waals surface area contributed by atoms with Crippen molar-refractivity contribution in [3.63, 3.8) is 0 Å². The summed E-state index contributed by atoms with van der Waals surface area (Å²) in [7, 11) is 0. The van der Waals surface area contributed by atoms with Crippen LogP contribution in [-0.2, 0) is 11.4 Å². The number of hydrogen-bond acceptors (Lipinski definition) is 4. The zero-order valence-corrected chi connectivity index (χ0v) is 22.1. The van der Waals surface area contributed by atoms with Gasteiger partial charge in [-0.2, -0.15) is 0 Å². The van der Waals surface area contributed by atoms with Crippen molar-refractivity contribution in [2.24, 2.45) is 4.99 Å². The van der Waals surface area contributed by atoms with Gasteiger partial charge in [-0.05, 0) is 71.4 Å². The van der Waals surface area contributed by atoms with Crippen molar-refractivity contribution in [2.45, 2.75) is 13.5 Å². The van der Waals surface area contributed by atoms with Gasteiger partial charge in [-0.25, -0.2) is 4.99 Å². The second-order valence-electron chi connectivity index (χ2n) is 8.09. The van der Waals surface area contributed by atoms with Crippen molar-refractivity contribution in [1.29, 1.82) is 0 Å². The van der Waals surface area contributed by atoms with Crippen LogP contribution >= 0.6 is 46.6 Å².